The van der Waals surface area contributed by atoms with E-state index in [9.17, 15) is 43.2 Å². The second-order valence-corrected chi connectivity index (χ2v) is 33.0. The number of phosphoric acid groups is 2. The van der Waals surface area contributed by atoms with Crippen LogP contribution in [0.2, 0.25) is 0 Å². The zero-order valence-electron chi connectivity index (χ0n) is 66.4. The van der Waals surface area contributed by atoms with Gasteiger partial charge < -0.3 is 33.8 Å². The topological polar surface area (TPSA) is 237 Å². The zero-order valence-corrected chi connectivity index (χ0v) is 68.2. The zero-order chi connectivity index (χ0) is 74.9. The van der Waals surface area contributed by atoms with Gasteiger partial charge in [0.25, 0.3) is 0 Å². The molecule has 0 bridgehead atoms. The highest BCUT2D eigenvalue weighted by Gasteiger charge is 2.30. The lowest BCUT2D eigenvalue weighted by Gasteiger charge is -2.21. The van der Waals surface area contributed by atoms with Gasteiger partial charge in [-0.15, -0.1) is 0 Å². The number of aliphatic hydroxyl groups is 1. The van der Waals surface area contributed by atoms with Crippen molar-refractivity contribution in [3.8, 4) is 0 Å². The lowest BCUT2D eigenvalue weighted by Crippen LogP contribution is -2.30. The van der Waals surface area contributed by atoms with Crippen molar-refractivity contribution in [2.24, 2.45) is 11.8 Å². The van der Waals surface area contributed by atoms with Gasteiger partial charge in [-0.25, -0.2) is 9.13 Å². The minimum atomic E-state index is -4.97. The molecule has 0 aromatic rings. The molecule has 0 radical (unpaired) electrons. The van der Waals surface area contributed by atoms with Crippen molar-refractivity contribution in [2.75, 3.05) is 39.6 Å². The highest BCUT2D eigenvalue weighted by Crippen LogP contribution is 2.45. The first-order valence-electron chi connectivity index (χ1n) is 42.3. The Kier molecular flexibility index (Phi) is 72.2. The molecule has 0 aliphatic rings. The van der Waals surface area contributed by atoms with E-state index in [1.165, 1.54) is 212 Å². The summed E-state index contributed by atoms with van der Waals surface area (Å²) in [5, 5.41) is 10.6. The lowest BCUT2D eigenvalue weighted by atomic mass is 10.0. The monoisotopic (exact) mass is 1490 g/mol. The summed E-state index contributed by atoms with van der Waals surface area (Å²) in [6, 6.07) is 0. The van der Waals surface area contributed by atoms with E-state index >= 15 is 0 Å². The summed E-state index contributed by atoms with van der Waals surface area (Å²) in [4.78, 5) is 73.0. The number of hydrogen-bond donors (Lipinski definition) is 3. The van der Waals surface area contributed by atoms with Gasteiger partial charge in [0.2, 0.25) is 0 Å². The Morgan fingerprint density at radius 1 is 0.304 bits per heavy atom. The summed E-state index contributed by atoms with van der Waals surface area (Å²) in [6.45, 7) is 9.53. The fourth-order valence-electron chi connectivity index (χ4n) is 12.3. The van der Waals surface area contributed by atoms with E-state index in [-0.39, 0.29) is 25.7 Å². The standard InChI is InChI=1S/C83H158O17P2/c1-7-9-11-13-15-17-19-21-23-26-31-34-38-42-46-53-59-65-80(85)93-71-78(99-82(87)67-62-56-48-44-40-36-32-28-25-24-27-30-33-37-41-45-51-57-63-75(3)4)73-97-101(89,90)95-69-77(84)70-96-102(91,92)98-74-79(72-94-81(86)66-60-54-50-49-52-58-64-76(5)6)100-83(88)68-61-55-47-43-39-35-29-22-20-18-16-14-12-10-8-2/h18,20,22,29,75-79,84H,7-17,19,21,23-28,30-74H2,1-6H3,(H,89,90)(H,91,92)/b20-18-,29-22-/t77-,78-,79-/m1/s1. The third kappa shape index (κ3) is 75.8. The second kappa shape index (κ2) is 74.0. The van der Waals surface area contributed by atoms with Crippen LogP contribution in [-0.2, 0) is 65.4 Å². The number of rotatable bonds is 80. The van der Waals surface area contributed by atoms with Crippen LogP contribution in [0.4, 0.5) is 0 Å². The first-order chi connectivity index (χ1) is 49.4. The van der Waals surface area contributed by atoms with Gasteiger partial charge in [-0.3, -0.25) is 37.3 Å². The Hall–Kier alpha value is -2.46. The number of unbranched alkanes of at least 4 members (excludes halogenated alkanes) is 47. The summed E-state index contributed by atoms with van der Waals surface area (Å²) in [7, 11) is -9.93. The van der Waals surface area contributed by atoms with E-state index in [1.807, 2.05) is 0 Å². The maximum absolute atomic E-state index is 13.1. The van der Waals surface area contributed by atoms with Crippen molar-refractivity contribution in [3.63, 3.8) is 0 Å². The van der Waals surface area contributed by atoms with E-state index in [0.717, 1.165) is 115 Å². The quantitative estimate of drug-likeness (QED) is 0.0169. The van der Waals surface area contributed by atoms with Crippen molar-refractivity contribution >= 4 is 39.5 Å². The summed E-state index contributed by atoms with van der Waals surface area (Å²) < 4.78 is 68.7. The molecule has 0 aromatic carbocycles. The molecule has 0 fully saturated rings. The molecule has 0 amide bonds. The fraction of sp³-hybridized carbons (Fsp3) is 0.904. The SMILES string of the molecule is CCCCCC/C=C\C=C/CCCCCCCC(=O)O[C@H](COC(=O)CCCCCCCCC(C)C)COP(=O)(O)OC[C@H](O)COP(=O)(O)OC[C@@H](COC(=O)CCCCCCCCCCCCCCCCCCC)OC(=O)CCCCCCCCCCCCCCCCCCCCC(C)C. The molecule has 2 unspecified atom stereocenters. The van der Waals surface area contributed by atoms with Crippen molar-refractivity contribution in [3.05, 3.63) is 24.3 Å². The van der Waals surface area contributed by atoms with E-state index < -0.39 is 97.5 Å². The third-order valence-electron chi connectivity index (χ3n) is 18.8. The normalized spacial score (nSPS) is 14.0. The van der Waals surface area contributed by atoms with Gasteiger partial charge in [0.05, 0.1) is 26.4 Å². The molecule has 0 aliphatic carbocycles. The first kappa shape index (κ1) is 99.5. The molecule has 17 nitrogen and oxygen atoms in total. The number of carbonyl (C=O) groups is 4. The van der Waals surface area contributed by atoms with Crippen molar-refractivity contribution in [1.82, 2.24) is 0 Å². The smallest absolute Gasteiger partial charge is 0.462 e. The molecule has 0 rings (SSSR count). The summed E-state index contributed by atoms with van der Waals surface area (Å²) in [6.07, 6.45) is 67.7. The third-order valence-corrected chi connectivity index (χ3v) is 20.7. The lowest BCUT2D eigenvalue weighted by molar-refractivity contribution is -0.161. The van der Waals surface area contributed by atoms with Gasteiger partial charge in [-0.1, -0.05) is 361 Å². The van der Waals surface area contributed by atoms with Gasteiger partial charge in [0.1, 0.15) is 19.3 Å². The number of esters is 4. The number of carbonyl (C=O) groups excluding carboxylic acids is 4. The second-order valence-electron chi connectivity index (χ2n) is 30.1. The van der Waals surface area contributed by atoms with Crippen molar-refractivity contribution in [2.45, 2.75) is 432 Å². The highest BCUT2D eigenvalue weighted by atomic mass is 31.2. The number of ether oxygens (including phenoxy) is 4. The van der Waals surface area contributed by atoms with Crippen LogP contribution in [0.1, 0.15) is 414 Å². The van der Waals surface area contributed by atoms with Crippen LogP contribution < -0.4 is 0 Å². The Morgan fingerprint density at radius 2 is 0.529 bits per heavy atom. The highest BCUT2D eigenvalue weighted by molar-refractivity contribution is 7.47. The molecular weight excluding hydrogens is 1330 g/mol. The van der Waals surface area contributed by atoms with Gasteiger partial charge in [0, 0.05) is 25.7 Å². The van der Waals surface area contributed by atoms with Crippen LogP contribution >= 0.6 is 15.6 Å². The maximum atomic E-state index is 13.1. The Bertz CT molecular complexity index is 2050. The number of hydrogen-bond acceptors (Lipinski definition) is 15. The Balaban J connectivity index is 5.24. The molecule has 0 saturated carbocycles. The van der Waals surface area contributed by atoms with Gasteiger partial charge in [-0.05, 0) is 63.2 Å². The molecule has 0 aliphatic heterocycles. The summed E-state index contributed by atoms with van der Waals surface area (Å²) in [5.74, 6) is -0.644. The molecule has 602 valence electrons. The largest absolute Gasteiger partial charge is 0.472 e. The minimum Gasteiger partial charge on any atom is -0.462 e. The minimum absolute atomic E-state index is 0.0842. The van der Waals surface area contributed by atoms with Crippen LogP contribution in [-0.4, -0.2) is 96.7 Å². The molecule has 3 N–H and O–H groups in total. The predicted octanol–water partition coefficient (Wildman–Crippen LogP) is 24.6. The van der Waals surface area contributed by atoms with Crippen LogP contribution in [0.25, 0.3) is 0 Å². The number of allylic oxidation sites excluding steroid dienone is 4. The molecule has 0 aromatic heterocycles. The molecular formula is C83H158O17P2. The molecule has 102 heavy (non-hydrogen) atoms. The predicted molar refractivity (Wildman–Crippen MR) is 418 cm³/mol. The van der Waals surface area contributed by atoms with E-state index in [2.05, 4.69) is 65.8 Å². The van der Waals surface area contributed by atoms with Crippen LogP contribution in [0.3, 0.4) is 0 Å². The van der Waals surface area contributed by atoms with Crippen LogP contribution in [0.15, 0.2) is 24.3 Å². The van der Waals surface area contributed by atoms with Crippen LogP contribution in [0.5, 0.6) is 0 Å². The van der Waals surface area contributed by atoms with Gasteiger partial charge >= 0.3 is 39.5 Å². The van der Waals surface area contributed by atoms with Crippen molar-refractivity contribution < 1.29 is 80.2 Å². The Morgan fingerprint density at radius 3 is 0.804 bits per heavy atom. The average Bonchev–Trinajstić information content (AvgIpc) is 0.913. The summed E-state index contributed by atoms with van der Waals surface area (Å²) in [5.41, 5.74) is 0. The first-order valence-corrected chi connectivity index (χ1v) is 45.3. The van der Waals surface area contributed by atoms with Gasteiger partial charge in [0.15, 0.2) is 12.2 Å². The van der Waals surface area contributed by atoms with E-state index in [0.29, 0.717) is 31.6 Å². The average molecular weight is 1490 g/mol. The van der Waals surface area contributed by atoms with Gasteiger partial charge in [-0.2, -0.15) is 0 Å². The van der Waals surface area contributed by atoms with Crippen LogP contribution in [0, 0.1) is 11.8 Å². The van der Waals surface area contributed by atoms with E-state index in [4.69, 9.17) is 37.0 Å². The number of aliphatic hydroxyl groups excluding tert-OH is 1. The van der Waals surface area contributed by atoms with E-state index in [1.54, 1.807) is 0 Å². The van der Waals surface area contributed by atoms with Crippen molar-refractivity contribution in [1.29, 1.82) is 0 Å². The Labute approximate surface area is 624 Å². The molecule has 0 saturated heterocycles. The summed E-state index contributed by atoms with van der Waals surface area (Å²) >= 11 is 0. The maximum Gasteiger partial charge on any atom is 0.472 e. The molecule has 0 heterocycles. The molecule has 19 heteroatoms. The molecule has 0 spiro atoms. The number of phosphoric ester groups is 2. The molecule has 5 atom stereocenters. The fourth-order valence-corrected chi connectivity index (χ4v) is 13.9.